The Balaban J connectivity index is 1.43. The van der Waals surface area contributed by atoms with Crippen LogP contribution in [0.2, 0.25) is 0 Å². The molecule has 3 amide bonds. The van der Waals surface area contributed by atoms with Gasteiger partial charge in [-0.05, 0) is 58.9 Å². The van der Waals surface area contributed by atoms with Crippen LogP contribution in [-0.4, -0.2) is 60.2 Å². The molecule has 5 aromatic rings. The lowest BCUT2D eigenvalue weighted by Gasteiger charge is -2.35. The van der Waals surface area contributed by atoms with Gasteiger partial charge in [0.1, 0.15) is 12.1 Å². The first kappa shape index (κ1) is 35.8. The number of benzene rings is 5. The van der Waals surface area contributed by atoms with Gasteiger partial charge in [-0.2, -0.15) is 0 Å². The van der Waals surface area contributed by atoms with Gasteiger partial charge in [0.05, 0.1) is 0 Å². The standard InChI is InChI=1S/C43H46N4O3/c1-31(44)37-20-13-21-38(30-37)42(49)47(3)40(29-34-22-24-36(25-23-34)35-18-11-6-12-19-35)43(50)46(2)39(28-33-16-9-5-10-17-33)41(48)45-27-26-32-14-7-4-8-15-32/h4-25,30-31,39-40H,26-29,44H2,1-3H3,(H,45,48). The maximum Gasteiger partial charge on any atom is 0.254 e. The third-order valence-electron chi connectivity index (χ3n) is 9.17. The van der Waals surface area contributed by atoms with E-state index >= 15 is 0 Å². The molecule has 0 heterocycles. The topological polar surface area (TPSA) is 95.7 Å². The van der Waals surface area contributed by atoms with Crippen molar-refractivity contribution in [3.8, 4) is 11.1 Å². The van der Waals surface area contributed by atoms with Crippen LogP contribution in [0, 0.1) is 0 Å². The van der Waals surface area contributed by atoms with Crippen LogP contribution in [0.1, 0.15) is 45.6 Å². The average molecular weight is 667 g/mol. The molecule has 0 fully saturated rings. The molecular formula is C43H46N4O3. The first-order valence-electron chi connectivity index (χ1n) is 17.1. The first-order chi connectivity index (χ1) is 24.2. The fourth-order valence-corrected chi connectivity index (χ4v) is 6.10. The maximum atomic E-state index is 14.7. The molecule has 7 nitrogen and oxygen atoms in total. The predicted molar refractivity (Wildman–Crippen MR) is 200 cm³/mol. The summed E-state index contributed by atoms with van der Waals surface area (Å²) in [6.45, 7) is 2.30. The van der Waals surface area contributed by atoms with Crippen LogP contribution in [0.25, 0.3) is 11.1 Å². The summed E-state index contributed by atoms with van der Waals surface area (Å²) in [6, 6.07) is 43.0. The monoisotopic (exact) mass is 666 g/mol. The van der Waals surface area contributed by atoms with Crippen LogP contribution in [0.5, 0.6) is 0 Å². The van der Waals surface area contributed by atoms with Crippen LogP contribution in [0.4, 0.5) is 0 Å². The SMILES string of the molecule is CC(N)c1cccc(C(=O)N(C)C(Cc2ccc(-c3ccccc3)cc2)C(=O)N(C)C(Cc2ccccc2)C(=O)NCCc2ccccc2)c1. The van der Waals surface area contributed by atoms with Crippen LogP contribution < -0.4 is 11.1 Å². The van der Waals surface area contributed by atoms with Crippen molar-refractivity contribution in [2.24, 2.45) is 5.73 Å². The fourth-order valence-electron chi connectivity index (χ4n) is 6.10. The Hall–Kier alpha value is -5.53. The quantitative estimate of drug-likeness (QED) is 0.142. The average Bonchev–Trinajstić information content (AvgIpc) is 3.16. The van der Waals surface area contributed by atoms with Gasteiger partial charge in [0.2, 0.25) is 11.8 Å². The van der Waals surface area contributed by atoms with Crippen molar-refractivity contribution in [3.63, 3.8) is 0 Å². The van der Waals surface area contributed by atoms with E-state index in [4.69, 9.17) is 5.73 Å². The Bertz CT molecular complexity index is 1840. The van der Waals surface area contributed by atoms with Gasteiger partial charge >= 0.3 is 0 Å². The van der Waals surface area contributed by atoms with Gasteiger partial charge in [0.25, 0.3) is 5.91 Å². The number of likely N-dealkylation sites (N-methyl/N-ethyl adjacent to an activating group) is 2. The minimum Gasteiger partial charge on any atom is -0.354 e. The van der Waals surface area contributed by atoms with Gasteiger partial charge in [0.15, 0.2) is 0 Å². The summed E-state index contributed by atoms with van der Waals surface area (Å²) in [5, 5.41) is 3.07. The number of carbonyl (C=O) groups is 3. The molecule has 3 atom stereocenters. The van der Waals surface area contributed by atoms with E-state index in [1.54, 1.807) is 32.3 Å². The van der Waals surface area contributed by atoms with E-state index in [9.17, 15) is 14.4 Å². The van der Waals surface area contributed by atoms with Crippen LogP contribution >= 0.6 is 0 Å². The molecule has 0 aliphatic carbocycles. The predicted octanol–water partition coefficient (Wildman–Crippen LogP) is 6.49. The van der Waals surface area contributed by atoms with Crippen LogP contribution in [0.15, 0.2) is 140 Å². The second-order valence-corrected chi connectivity index (χ2v) is 12.8. The molecule has 0 radical (unpaired) electrons. The Morgan fingerprint density at radius 2 is 1.16 bits per heavy atom. The number of nitrogens with two attached hydrogens (primary N) is 1. The van der Waals surface area contributed by atoms with E-state index in [2.05, 4.69) is 17.4 Å². The van der Waals surface area contributed by atoms with Gasteiger partial charge in [-0.15, -0.1) is 0 Å². The van der Waals surface area contributed by atoms with Crippen molar-refractivity contribution in [2.75, 3.05) is 20.6 Å². The van der Waals surface area contributed by atoms with E-state index in [-0.39, 0.29) is 30.2 Å². The highest BCUT2D eigenvalue weighted by Gasteiger charge is 2.35. The third-order valence-corrected chi connectivity index (χ3v) is 9.17. The Kier molecular flexibility index (Phi) is 12.3. The van der Waals surface area contributed by atoms with Crippen molar-refractivity contribution in [3.05, 3.63) is 167 Å². The second-order valence-electron chi connectivity index (χ2n) is 12.8. The summed E-state index contributed by atoms with van der Waals surface area (Å²) in [4.78, 5) is 45.5. The van der Waals surface area contributed by atoms with Gasteiger partial charge in [0, 0.05) is 45.1 Å². The summed E-state index contributed by atoms with van der Waals surface area (Å²) >= 11 is 0. The van der Waals surface area contributed by atoms with Crippen LogP contribution in [0.3, 0.4) is 0 Å². The molecule has 0 aliphatic rings. The van der Waals surface area contributed by atoms with Crippen molar-refractivity contribution in [2.45, 2.75) is 44.3 Å². The highest BCUT2D eigenvalue weighted by molar-refractivity contribution is 5.98. The van der Waals surface area contributed by atoms with E-state index < -0.39 is 12.1 Å². The largest absolute Gasteiger partial charge is 0.354 e. The van der Waals surface area contributed by atoms with E-state index in [1.165, 1.54) is 9.80 Å². The normalized spacial score (nSPS) is 12.7. The highest BCUT2D eigenvalue weighted by Crippen LogP contribution is 2.23. The van der Waals surface area contributed by atoms with E-state index in [0.29, 0.717) is 24.9 Å². The Morgan fingerprint density at radius 1 is 0.620 bits per heavy atom. The molecular weight excluding hydrogens is 620 g/mol. The third kappa shape index (κ3) is 9.33. The van der Waals surface area contributed by atoms with Crippen molar-refractivity contribution >= 4 is 17.7 Å². The molecule has 0 saturated heterocycles. The van der Waals surface area contributed by atoms with Crippen molar-refractivity contribution < 1.29 is 14.4 Å². The number of amides is 3. The summed E-state index contributed by atoms with van der Waals surface area (Å²) in [7, 11) is 3.31. The molecule has 256 valence electrons. The zero-order valence-corrected chi connectivity index (χ0v) is 29.0. The van der Waals surface area contributed by atoms with Gasteiger partial charge in [-0.1, -0.05) is 127 Å². The lowest BCUT2D eigenvalue weighted by atomic mass is 9.97. The number of hydrogen-bond acceptors (Lipinski definition) is 4. The number of hydrogen-bond donors (Lipinski definition) is 2. The number of carbonyl (C=O) groups excluding carboxylic acids is 3. The molecule has 0 saturated carbocycles. The number of rotatable bonds is 14. The Morgan fingerprint density at radius 3 is 1.78 bits per heavy atom. The number of nitrogens with one attached hydrogen (secondary N) is 1. The molecule has 0 bridgehead atoms. The molecule has 5 aromatic carbocycles. The molecule has 3 N–H and O–H groups in total. The summed E-state index contributed by atoms with van der Waals surface area (Å²) in [5.74, 6) is -0.868. The summed E-state index contributed by atoms with van der Waals surface area (Å²) < 4.78 is 0. The van der Waals surface area contributed by atoms with Crippen molar-refractivity contribution in [1.29, 1.82) is 0 Å². The zero-order valence-electron chi connectivity index (χ0n) is 29.0. The molecule has 7 heteroatoms. The fraction of sp³-hybridized carbons (Fsp3) is 0.233. The lowest BCUT2D eigenvalue weighted by molar-refractivity contribution is -0.142. The molecule has 5 rings (SSSR count). The second kappa shape index (κ2) is 17.2. The minimum absolute atomic E-state index is 0.245. The molecule has 50 heavy (non-hydrogen) atoms. The number of nitrogens with zero attached hydrogens (tertiary/aromatic N) is 2. The summed E-state index contributed by atoms with van der Waals surface area (Å²) in [6.07, 6.45) is 1.26. The molecule has 0 spiro atoms. The van der Waals surface area contributed by atoms with Gasteiger partial charge in [-0.3, -0.25) is 14.4 Å². The molecule has 0 aromatic heterocycles. The molecule has 3 unspecified atom stereocenters. The van der Waals surface area contributed by atoms with Gasteiger partial charge in [-0.25, -0.2) is 0 Å². The Labute approximate surface area is 295 Å². The van der Waals surface area contributed by atoms with Gasteiger partial charge < -0.3 is 20.9 Å². The maximum absolute atomic E-state index is 14.7. The zero-order chi connectivity index (χ0) is 35.5. The van der Waals surface area contributed by atoms with E-state index in [0.717, 1.165) is 33.4 Å². The highest BCUT2D eigenvalue weighted by atomic mass is 16.2. The van der Waals surface area contributed by atoms with Crippen molar-refractivity contribution in [1.82, 2.24) is 15.1 Å². The first-order valence-corrected chi connectivity index (χ1v) is 17.1. The smallest absolute Gasteiger partial charge is 0.254 e. The molecule has 0 aliphatic heterocycles. The lowest BCUT2D eigenvalue weighted by Crippen LogP contribution is -2.56. The summed E-state index contributed by atoms with van der Waals surface area (Å²) in [5.41, 5.74) is 12.5. The minimum atomic E-state index is -0.885. The van der Waals surface area contributed by atoms with E-state index in [1.807, 2.05) is 116 Å². The van der Waals surface area contributed by atoms with Crippen LogP contribution in [-0.2, 0) is 28.9 Å².